The molecule has 0 unspecified atom stereocenters. The van der Waals surface area contributed by atoms with Crippen molar-refractivity contribution in [3.8, 4) is 0 Å². The molecule has 0 aliphatic rings. The minimum Gasteiger partial charge on any atom is -0.311 e. The van der Waals surface area contributed by atoms with Gasteiger partial charge < -0.3 is 9.80 Å². The fourth-order valence-corrected chi connectivity index (χ4v) is 6.25. The first kappa shape index (κ1) is 38.9. The minimum absolute atomic E-state index is 0.0485. The maximum atomic E-state index is 14.0. The number of nitrogens with zero attached hydrogens (tertiary/aromatic N) is 2. The predicted molar refractivity (Wildman–Crippen MR) is 225 cm³/mol. The Morgan fingerprint density at radius 1 is 0.276 bits per heavy atom. The topological polar surface area (TPSA) is 6.48 Å². The molecule has 0 amide bonds. The van der Waals surface area contributed by atoms with E-state index in [1.807, 2.05) is 121 Å². The number of para-hydroxylation sites is 2. The third kappa shape index (κ3) is 9.37. The lowest BCUT2D eigenvalue weighted by Gasteiger charge is -2.28. The lowest BCUT2D eigenvalue weighted by molar-refractivity contribution is 0.494. The molecule has 286 valence electrons. The van der Waals surface area contributed by atoms with Crippen LogP contribution in [0.5, 0.6) is 0 Å². The molecule has 0 saturated carbocycles. The highest BCUT2D eigenvalue weighted by atomic mass is 19.2. The van der Waals surface area contributed by atoms with Gasteiger partial charge in [0.2, 0.25) is 0 Å². The van der Waals surface area contributed by atoms with Gasteiger partial charge in [0.05, 0.1) is 0 Å². The molecule has 0 saturated heterocycles. The fourth-order valence-electron chi connectivity index (χ4n) is 6.25. The van der Waals surface area contributed by atoms with Crippen molar-refractivity contribution in [2.75, 3.05) is 9.80 Å². The van der Waals surface area contributed by atoms with Crippen LogP contribution in [0.3, 0.4) is 0 Å². The van der Waals surface area contributed by atoms with E-state index in [1.165, 1.54) is 12.2 Å². The molecule has 8 heteroatoms. The Kier molecular flexibility index (Phi) is 12.1. The van der Waals surface area contributed by atoms with E-state index in [-0.39, 0.29) is 11.1 Å². The van der Waals surface area contributed by atoms with E-state index in [4.69, 9.17) is 0 Å². The van der Waals surface area contributed by atoms with Gasteiger partial charge in [-0.25, -0.2) is 26.3 Å². The standard InChI is InChI=1S/C50H34F6N2/c51-45-33-49(55)47(53)31-37(45)13-9-7-11-35-19-23-41(24-20-35)57(39-15-3-1-4-16-39)43-27-29-44(30-28-43)58(40-17-5-2-6-18-40)42-25-21-36(22-26-42)12-8-10-14-38-32-48(54)50(56)34-46(38)52/h1-34H/b11-7+,12-8+,13-9+,14-10+. The summed E-state index contributed by atoms with van der Waals surface area (Å²) in [4.78, 5) is 4.29. The number of halogens is 6. The molecule has 0 aromatic heterocycles. The van der Waals surface area contributed by atoms with Gasteiger partial charge in [0.1, 0.15) is 11.6 Å². The highest BCUT2D eigenvalue weighted by Crippen LogP contribution is 2.39. The molecular weight excluding hydrogens is 743 g/mol. The summed E-state index contributed by atoms with van der Waals surface area (Å²) in [5.74, 6) is -6.36. The average molecular weight is 777 g/mol. The Bertz CT molecular complexity index is 2420. The quantitative estimate of drug-likeness (QED) is 0.0693. The first-order valence-corrected chi connectivity index (χ1v) is 18.2. The summed E-state index contributed by atoms with van der Waals surface area (Å²) in [6, 6.07) is 46.8. The van der Waals surface area contributed by atoms with Crippen LogP contribution >= 0.6 is 0 Å². The molecule has 0 N–H and O–H groups in total. The van der Waals surface area contributed by atoms with Crippen LogP contribution in [0.15, 0.2) is 182 Å². The molecule has 7 aromatic rings. The van der Waals surface area contributed by atoms with Crippen LogP contribution in [0.25, 0.3) is 24.3 Å². The molecule has 7 aromatic carbocycles. The average Bonchev–Trinajstić information content (AvgIpc) is 3.24. The molecule has 0 atom stereocenters. The van der Waals surface area contributed by atoms with Crippen molar-refractivity contribution < 1.29 is 26.3 Å². The lowest BCUT2D eigenvalue weighted by atomic mass is 10.1. The van der Waals surface area contributed by atoms with E-state index in [1.54, 1.807) is 24.3 Å². The van der Waals surface area contributed by atoms with E-state index in [0.717, 1.165) is 57.4 Å². The Morgan fingerprint density at radius 3 is 0.897 bits per heavy atom. The maximum Gasteiger partial charge on any atom is 0.161 e. The van der Waals surface area contributed by atoms with Crippen LogP contribution in [-0.4, -0.2) is 0 Å². The van der Waals surface area contributed by atoms with Gasteiger partial charge in [0.15, 0.2) is 23.3 Å². The van der Waals surface area contributed by atoms with E-state index >= 15 is 0 Å². The van der Waals surface area contributed by atoms with Gasteiger partial charge in [-0.3, -0.25) is 0 Å². The summed E-state index contributed by atoms with van der Waals surface area (Å²) in [5, 5.41) is 0. The van der Waals surface area contributed by atoms with Crippen molar-refractivity contribution in [2.24, 2.45) is 0 Å². The Morgan fingerprint density at radius 2 is 0.552 bits per heavy atom. The molecule has 0 spiro atoms. The Labute approximate surface area is 332 Å². The molecule has 0 fully saturated rings. The second kappa shape index (κ2) is 18.1. The highest BCUT2D eigenvalue weighted by molar-refractivity contribution is 5.81. The maximum absolute atomic E-state index is 14.0. The smallest absolute Gasteiger partial charge is 0.161 e. The first-order chi connectivity index (χ1) is 28.2. The van der Waals surface area contributed by atoms with Gasteiger partial charge in [0, 0.05) is 57.4 Å². The number of hydrogen-bond acceptors (Lipinski definition) is 2. The van der Waals surface area contributed by atoms with E-state index in [9.17, 15) is 26.3 Å². The second-order valence-electron chi connectivity index (χ2n) is 13.1. The summed E-state index contributed by atoms with van der Waals surface area (Å²) >= 11 is 0. The lowest BCUT2D eigenvalue weighted by Crippen LogP contribution is -2.12. The largest absolute Gasteiger partial charge is 0.311 e. The Balaban J connectivity index is 1.11. The van der Waals surface area contributed by atoms with Crippen LogP contribution < -0.4 is 9.80 Å². The van der Waals surface area contributed by atoms with Gasteiger partial charge in [-0.2, -0.15) is 0 Å². The van der Waals surface area contributed by atoms with Gasteiger partial charge in [0.25, 0.3) is 0 Å². The predicted octanol–water partition coefficient (Wildman–Crippen LogP) is 14.9. The van der Waals surface area contributed by atoms with Crippen molar-refractivity contribution in [3.05, 3.63) is 239 Å². The van der Waals surface area contributed by atoms with Crippen LogP contribution in [0.1, 0.15) is 22.3 Å². The van der Waals surface area contributed by atoms with Gasteiger partial charge in [-0.1, -0.05) is 109 Å². The number of benzene rings is 7. The van der Waals surface area contributed by atoms with Crippen LogP contribution in [0.2, 0.25) is 0 Å². The van der Waals surface area contributed by atoms with E-state index in [2.05, 4.69) is 34.1 Å². The summed E-state index contributed by atoms with van der Waals surface area (Å²) in [7, 11) is 0. The molecule has 0 bridgehead atoms. The SMILES string of the molecule is Fc1cc(F)c(/C=C/C=C/c2ccc(N(c3ccccc3)c3ccc(N(c4ccccc4)c4ccc(/C=C/C=C/c5cc(F)c(F)cc5F)cc4)cc3)cc2)cc1F. The summed E-state index contributed by atoms with van der Waals surface area (Å²) in [6.07, 6.45) is 13.0. The molecule has 7 rings (SSSR count). The number of rotatable bonds is 12. The van der Waals surface area contributed by atoms with Gasteiger partial charge in [-0.05, 0) is 96.1 Å². The van der Waals surface area contributed by atoms with Crippen LogP contribution in [0, 0.1) is 34.9 Å². The van der Waals surface area contributed by atoms with Crippen LogP contribution in [-0.2, 0) is 0 Å². The summed E-state index contributed by atoms with van der Waals surface area (Å²) in [5.41, 5.74) is 7.30. The monoisotopic (exact) mass is 776 g/mol. The number of hydrogen-bond donors (Lipinski definition) is 0. The zero-order chi connectivity index (χ0) is 40.4. The third-order valence-corrected chi connectivity index (χ3v) is 9.13. The van der Waals surface area contributed by atoms with Gasteiger partial charge >= 0.3 is 0 Å². The molecular formula is C50H34F6N2. The van der Waals surface area contributed by atoms with Crippen LogP contribution in [0.4, 0.5) is 60.5 Å². The molecule has 2 nitrogen and oxygen atoms in total. The van der Waals surface area contributed by atoms with Crippen molar-refractivity contribution in [2.45, 2.75) is 0 Å². The number of anilines is 6. The zero-order valence-electron chi connectivity index (χ0n) is 30.8. The second-order valence-corrected chi connectivity index (χ2v) is 13.1. The minimum atomic E-state index is -1.23. The van der Waals surface area contributed by atoms with Crippen molar-refractivity contribution in [1.82, 2.24) is 0 Å². The molecule has 0 radical (unpaired) electrons. The normalized spacial score (nSPS) is 11.7. The fraction of sp³-hybridized carbons (Fsp3) is 0. The van der Waals surface area contributed by atoms with Crippen molar-refractivity contribution in [1.29, 1.82) is 0 Å². The third-order valence-electron chi connectivity index (χ3n) is 9.13. The van der Waals surface area contributed by atoms with E-state index in [0.29, 0.717) is 12.1 Å². The molecule has 58 heavy (non-hydrogen) atoms. The van der Waals surface area contributed by atoms with Gasteiger partial charge in [-0.15, -0.1) is 0 Å². The molecule has 0 heterocycles. The molecule has 0 aliphatic heterocycles. The molecule has 0 aliphatic carbocycles. The zero-order valence-corrected chi connectivity index (χ0v) is 30.8. The summed E-state index contributed by atoms with van der Waals surface area (Å²) in [6.45, 7) is 0. The summed E-state index contributed by atoms with van der Waals surface area (Å²) < 4.78 is 81.7. The van der Waals surface area contributed by atoms with E-state index < -0.39 is 34.9 Å². The van der Waals surface area contributed by atoms with Crippen molar-refractivity contribution >= 4 is 58.4 Å². The highest BCUT2D eigenvalue weighted by Gasteiger charge is 2.16. The Hall–Kier alpha value is -7.32. The number of allylic oxidation sites excluding steroid dienone is 4. The first-order valence-electron chi connectivity index (χ1n) is 18.2. The van der Waals surface area contributed by atoms with Crippen molar-refractivity contribution in [3.63, 3.8) is 0 Å².